The molecule has 0 radical (unpaired) electrons. The molecule has 1 N–H and O–H groups in total. The molecule has 0 unspecified atom stereocenters. The van der Waals surface area contributed by atoms with E-state index in [1.807, 2.05) is 0 Å². The van der Waals surface area contributed by atoms with Gasteiger partial charge in [-0.3, -0.25) is 4.79 Å². The Bertz CT molecular complexity index is 1160. The summed E-state index contributed by atoms with van der Waals surface area (Å²) in [6, 6.07) is 14.1. The number of hydrogen-bond donors (Lipinski definition) is 1. The molecule has 2 aromatic carbocycles. The van der Waals surface area contributed by atoms with Crippen molar-refractivity contribution in [3.8, 4) is 22.8 Å². The van der Waals surface area contributed by atoms with Crippen molar-refractivity contribution >= 4 is 0 Å². The highest BCUT2D eigenvalue weighted by molar-refractivity contribution is 5.59. The van der Waals surface area contributed by atoms with Gasteiger partial charge in [-0.1, -0.05) is 42.5 Å². The summed E-state index contributed by atoms with van der Waals surface area (Å²) in [6.07, 6.45) is -3.80. The minimum absolute atomic E-state index is 0.0323. The van der Waals surface area contributed by atoms with E-state index in [0.29, 0.717) is 34.2 Å². The minimum Gasteiger partial charge on any atom is -0.493 e. The zero-order chi connectivity index (χ0) is 24.0. The number of allylic oxidation sites excluding steroid dienone is 1. The van der Waals surface area contributed by atoms with E-state index in [9.17, 15) is 23.1 Å². The van der Waals surface area contributed by atoms with E-state index in [2.05, 4.69) is 11.7 Å². The van der Waals surface area contributed by atoms with Gasteiger partial charge in [-0.2, -0.15) is 18.3 Å². The number of rotatable bonds is 9. The fraction of sp³-hybridized carbons (Fsp3) is 0.250. The van der Waals surface area contributed by atoms with Gasteiger partial charge in [-0.15, -0.1) is 6.58 Å². The monoisotopic (exact) mass is 460 g/mol. The van der Waals surface area contributed by atoms with Crippen LogP contribution in [0.1, 0.15) is 11.1 Å². The Balaban J connectivity index is 1.82. The number of methoxy groups -OCH3 is 1. The Morgan fingerprint density at radius 3 is 2.52 bits per heavy atom. The summed E-state index contributed by atoms with van der Waals surface area (Å²) in [4.78, 5) is 12.4. The first-order valence-electron chi connectivity index (χ1n) is 10.1. The molecule has 9 heteroatoms. The lowest BCUT2D eigenvalue weighted by molar-refractivity contribution is -0.139. The average Bonchev–Trinajstić information content (AvgIpc) is 2.79. The van der Waals surface area contributed by atoms with E-state index in [0.717, 1.165) is 5.56 Å². The summed E-state index contributed by atoms with van der Waals surface area (Å²) >= 11 is 0. The van der Waals surface area contributed by atoms with Gasteiger partial charge in [-0.05, 0) is 30.2 Å². The molecule has 0 spiro atoms. The SMILES string of the molecule is C=CCc1ccc(OC[C@H](O)Cn2nc(-c3ccccc3)cc(C(F)(F)F)c2=O)c(OC)c1. The maximum Gasteiger partial charge on any atom is 0.421 e. The van der Waals surface area contributed by atoms with Gasteiger partial charge in [0.15, 0.2) is 11.5 Å². The van der Waals surface area contributed by atoms with Crippen LogP contribution >= 0.6 is 0 Å². The van der Waals surface area contributed by atoms with Crippen molar-refractivity contribution in [3.63, 3.8) is 0 Å². The van der Waals surface area contributed by atoms with Gasteiger partial charge >= 0.3 is 6.18 Å². The number of aliphatic hydroxyl groups is 1. The second kappa shape index (κ2) is 10.4. The molecule has 0 bridgehead atoms. The topological polar surface area (TPSA) is 73.6 Å². The van der Waals surface area contributed by atoms with E-state index in [1.54, 1.807) is 54.6 Å². The second-order valence-corrected chi connectivity index (χ2v) is 7.24. The Kier molecular flexibility index (Phi) is 7.55. The zero-order valence-corrected chi connectivity index (χ0v) is 17.9. The van der Waals surface area contributed by atoms with Crippen molar-refractivity contribution in [3.05, 3.63) is 88.7 Å². The number of alkyl halides is 3. The first kappa shape index (κ1) is 24.1. The highest BCUT2D eigenvalue weighted by atomic mass is 19.4. The predicted octanol–water partition coefficient (Wildman–Crippen LogP) is 4.11. The average molecular weight is 460 g/mol. The number of halogens is 3. The molecular weight excluding hydrogens is 437 g/mol. The number of nitrogens with zero attached hydrogens (tertiary/aromatic N) is 2. The molecule has 6 nitrogen and oxygen atoms in total. The molecule has 1 atom stereocenters. The van der Waals surface area contributed by atoms with E-state index >= 15 is 0 Å². The lowest BCUT2D eigenvalue weighted by atomic mass is 10.1. The summed E-state index contributed by atoms with van der Waals surface area (Å²) in [7, 11) is 1.47. The maximum atomic E-state index is 13.5. The number of aromatic nitrogens is 2. The molecule has 0 aliphatic carbocycles. The van der Waals surface area contributed by atoms with Crippen molar-refractivity contribution in [2.24, 2.45) is 0 Å². The van der Waals surface area contributed by atoms with Crippen LogP contribution in [-0.2, 0) is 19.1 Å². The third kappa shape index (κ3) is 6.01. The smallest absolute Gasteiger partial charge is 0.421 e. The van der Waals surface area contributed by atoms with Crippen LogP contribution in [0.15, 0.2) is 72.0 Å². The number of aliphatic hydroxyl groups excluding tert-OH is 1. The van der Waals surface area contributed by atoms with Crippen LogP contribution < -0.4 is 15.0 Å². The van der Waals surface area contributed by atoms with E-state index in [4.69, 9.17) is 9.47 Å². The number of hydrogen-bond acceptors (Lipinski definition) is 5. The van der Waals surface area contributed by atoms with Crippen molar-refractivity contribution in [1.29, 1.82) is 0 Å². The first-order valence-corrected chi connectivity index (χ1v) is 10.1. The minimum atomic E-state index is -4.87. The maximum absolute atomic E-state index is 13.5. The van der Waals surface area contributed by atoms with E-state index in [-0.39, 0.29) is 12.3 Å². The first-order chi connectivity index (χ1) is 15.7. The van der Waals surface area contributed by atoms with E-state index < -0.39 is 29.9 Å². The van der Waals surface area contributed by atoms with Gasteiger partial charge in [0.25, 0.3) is 5.56 Å². The fourth-order valence-corrected chi connectivity index (χ4v) is 3.18. The summed E-state index contributed by atoms with van der Waals surface area (Å²) in [6.45, 7) is 2.90. The Hall–Kier alpha value is -3.59. The fourth-order valence-electron chi connectivity index (χ4n) is 3.18. The molecule has 0 saturated carbocycles. The van der Waals surface area contributed by atoms with Gasteiger partial charge in [0.05, 0.1) is 19.3 Å². The zero-order valence-electron chi connectivity index (χ0n) is 17.9. The molecule has 33 heavy (non-hydrogen) atoms. The lowest BCUT2D eigenvalue weighted by Crippen LogP contribution is -2.36. The molecule has 0 aliphatic heterocycles. The largest absolute Gasteiger partial charge is 0.493 e. The van der Waals surface area contributed by atoms with Crippen molar-refractivity contribution in [2.75, 3.05) is 13.7 Å². The predicted molar refractivity (Wildman–Crippen MR) is 117 cm³/mol. The van der Waals surface area contributed by atoms with Crippen molar-refractivity contribution in [2.45, 2.75) is 25.2 Å². The van der Waals surface area contributed by atoms with Crippen molar-refractivity contribution in [1.82, 2.24) is 9.78 Å². The molecular formula is C24H23F3N2O4. The Morgan fingerprint density at radius 2 is 1.88 bits per heavy atom. The quantitative estimate of drug-likeness (QED) is 0.487. The molecule has 0 saturated heterocycles. The molecule has 3 aromatic rings. The van der Waals surface area contributed by atoms with Crippen molar-refractivity contribution < 1.29 is 27.8 Å². The summed E-state index contributed by atoms with van der Waals surface area (Å²) < 4.78 is 51.8. The Morgan fingerprint density at radius 1 is 1.15 bits per heavy atom. The molecule has 0 amide bonds. The van der Waals surface area contributed by atoms with Crippen LogP contribution in [0, 0.1) is 0 Å². The summed E-state index contributed by atoms with van der Waals surface area (Å²) in [5.41, 5.74) is -1.37. The molecule has 0 fully saturated rings. The number of benzene rings is 2. The highest BCUT2D eigenvalue weighted by Crippen LogP contribution is 2.30. The Labute approximate surface area is 188 Å². The van der Waals surface area contributed by atoms with Crippen LogP contribution in [0.2, 0.25) is 0 Å². The summed E-state index contributed by atoms with van der Waals surface area (Å²) in [5, 5.41) is 14.4. The van der Waals surface area contributed by atoms with Crippen LogP contribution in [0.3, 0.4) is 0 Å². The molecule has 1 aromatic heterocycles. The van der Waals surface area contributed by atoms with Gasteiger partial charge < -0.3 is 14.6 Å². The standard InChI is InChI=1S/C24H23F3N2O4/c1-3-7-16-10-11-21(22(12-16)32-2)33-15-18(30)14-29-23(31)19(24(25,26)27)13-20(28-29)17-8-5-4-6-9-17/h3-6,8-13,18,30H,1,7,14-15H2,2H3/t18-/m1/s1. The normalized spacial score (nSPS) is 12.3. The van der Waals surface area contributed by atoms with Crippen LogP contribution in [0.4, 0.5) is 13.2 Å². The highest BCUT2D eigenvalue weighted by Gasteiger charge is 2.35. The third-order valence-electron chi connectivity index (χ3n) is 4.77. The second-order valence-electron chi connectivity index (χ2n) is 7.24. The van der Waals surface area contributed by atoms with Gasteiger partial charge in [0.2, 0.25) is 0 Å². The molecule has 1 heterocycles. The number of ether oxygens (including phenoxy) is 2. The molecule has 174 valence electrons. The summed E-state index contributed by atoms with van der Waals surface area (Å²) in [5.74, 6) is 0.779. The van der Waals surface area contributed by atoms with Gasteiger partial charge in [-0.25, -0.2) is 4.68 Å². The van der Waals surface area contributed by atoms with Crippen LogP contribution in [-0.4, -0.2) is 34.7 Å². The molecule has 0 aliphatic rings. The van der Waals surface area contributed by atoms with Gasteiger partial charge in [0.1, 0.15) is 18.3 Å². The third-order valence-corrected chi connectivity index (χ3v) is 4.77. The van der Waals surface area contributed by atoms with E-state index in [1.165, 1.54) is 7.11 Å². The lowest BCUT2D eigenvalue weighted by Gasteiger charge is -2.17. The van der Waals surface area contributed by atoms with Crippen LogP contribution in [0.25, 0.3) is 11.3 Å². The van der Waals surface area contributed by atoms with Crippen LogP contribution in [0.5, 0.6) is 11.5 Å². The molecule has 3 rings (SSSR count). The van der Waals surface area contributed by atoms with Gasteiger partial charge in [0, 0.05) is 5.56 Å².